The van der Waals surface area contributed by atoms with Gasteiger partial charge in [-0.05, 0) is 31.4 Å². The van der Waals surface area contributed by atoms with Crippen molar-refractivity contribution in [2.45, 2.75) is 45.3 Å². The lowest BCUT2D eigenvalue weighted by molar-refractivity contribution is -0.131. The summed E-state index contributed by atoms with van der Waals surface area (Å²) in [5.74, 6) is 0.1000. The van der Waals surface area contributed by atoms with Crippen molar-refractivity contribution in [3.8, 4) is 0 Å². The Morgan fingerprint density at radius 3 is 2.80 bits per heavy atom. The average Bonchev–Trinajstić information content (AvgIpc) is 2.49. The minimum absolute atomic E-state index is 0.121. The molecule has 7 heteroatoms. The number of nitrogens with zero attached hydrogens (tertiary/aromatic N) is 3. The Bertz CT molecular complexity index is 517. The van der Waals surface area contributed by atoms with Crippen LogP contribution in [0.2, 0.25) is 5.28 Å². The van der Waals surface area contributed by atoms with E-state index in [9.17, 15) is 9.90 Å². The summed E-state index contributed by atoms with van der Waals surface area (Å²) >= 11 is 5.87. The van der Waals surface area contributed by atoms with Gasteiger partial charge in [-0.15, -0.1) is 0 Å². The zero-order valence-electron chi connectivity index (χ0n) is 11.9. The number of β-amino-alcohol motifs (C(OH)–C–C–N with tert-alkyl or cyclic N) is 1. The zero-order chi connectivity index (χ0) is 14.9. The lowest BCUT2D eigenvalue weighted by atomic mass is 10.0. The fourth-order valence-electron chi connectivity index (χ4n) is 2.43. The molecule has 2 rings (SSSR count). The van der Waals surface area contributed by atoms with E-state index in [1.165, 1.54) is 13.1 Å². The molecule has 20 heavy (non-hydrogen) atoms. The van der Waals surface area contributed by atoms with Gasteiger partial charge in [0.15, 0.2) is 11.4 Å². The van der Waals surface area contributed by atoms with Gasteiger partial charge in [0.05, 0.1) is 12.7 Å². The SMILES string of the molecule is CCC(CC)N1CC(C)(O)C(=O)Nc2cnc(Cl)nc21. The predicted octanol–water partition coefficient (Wildman–Crippen LogP) is 1.83. The molecule has 0 saturated carbocycles. The minimum Gasteiger partial charge on any atom is -0.378 e. The van der Waals surface area contributed by atoms with Crippen molar-refractivity contribution in [2.24, 2.45) is 0 Å². The maximum atomic E-state index is 12.1. The first kappa shape index (κ1) is 15.0. The summed E-state index contributed by atoms with van der Waals surface area (Å²) < 4.78 is 0. The highest BCUT2D eigenvalue weighted by atomic mass is 35.5. The van der Waals surface area contributed by atoms with E-state index in [0.29, 0.717) is 11.5 Å². The van der Waals surface area contributed by atoms with Crippen LogP contribution in [-0.2, 0) is 4.79 Å². The Morgan fingerprint density at radius 1 is 1.55 bits per heavy atom. The molecule has 0 fully saturated rings. The molecular formula is C13H19ClN4O2. The van der Waals surface area contributed by atoms with E-state index in [1.54, 1.807) is 0 Å². The van der Waals surface area contributed by atoms with Crippen LogP contribution < -0.4 is 10.2 Å². The second kappa shape index (κ2) is 5.54. The molecule has 1 aliphatic rings. The number of hydrogen-bond acceptors (Lipinski definition) is 5. The molecule has 0 aliphatic carbocycles. The van der Waals surface area contributed by atoms with Crippen molar-refractivity contribution < 1.29 is 9.90 Å². The Morgan fingerprint density at radius 2 is 2.20 bits per heavy atom. The van der Waals surface area contributed by atoms with Gasteiger partial charge in [0.2, 0.25) is 5.28 Å². The third-order valence-electron chi connectivity index (χ3n) is 3.61. The lowest BCUT2D eigenvalue weighted by Crippen LogP contribution is -2.50. The number of aromatic nitrogens is 2. The molecule has 110 valence electrons. The fourth-order valence-corrected chi connectivity index (χ4v) is 2.55. The minimum atomic E-state index is -1.49. The molecule has 2 heterocycles. The molecule has 2 N–H and O–H groups in total. The maximum Gasteiger partial charge on any atom is 0.258 e. The Kier molecular flexibility index (Phi) is 4.15. The maximum absolute atomic E-state index is 12.1. The van der Waals surface area contributed by atoms with Crippen molar-refractivity contribution in [1.82, 2.24) is 9.97 Å². The van der Waals surface area contributed by atoms with Gasteiger partial charge < -0.3 is 15.3 Å². The number of fused-ring (bicyclic) bond motifs is 1. The summed E-state index contributed by atoms with van der Waals surface area (Å²) in [5, 5.41) is 13.1. The van der Waals surface area contributed by atoms with Crippen molar-refractivity contribution in [3.63, 3.8) is 0 Å². The van der Waals surface area contributed by atoms with Crippen LogP contribution in [0.5, 0.6) is 0 Å². The molecule has 1 aromatic rings. The molecule has 0 saturated heterocycles. The molecule has 6 nitrogen and oxygen atoms in total. The second-order valence-electron chi connectivity index (χ2n) is 5.20. The third kappa shape index (κ3) is 2.71. The Balaban J connectivity index is 2.53. The first-order valence-corrected chi connectivity index (χ1v) is 7.09. The lowest BCUT2D eigenvalue weighted by Gasteiger charge is -2.34. The molecular weight excluding hydrogens is 280 g/mol. The molecule has 1 aliphatic heterocycles. The standard InChI is InChI=1S/C13H19ClN4O2/c1-4-8(5-2)18-7-13(3,20)11(19)16-9-6-15-12(14)17-10(9)18/h6,8,20H,4-5,7H2,1-3H3,(H,16,19). The number of carbonyl (C=O) groups is 1. The fraction of sp³-hybridized carbons (Fsp3) is 0.615. The summed E-state index contributed by atoms with van der Waals surface area (Å²) in [6.07, 6.45) is 3.23. The van der Waals surface area contributed by atoms with E-state index < -0.39 is 11.5 Å². The normalized spacial score (nSPS) is 22.5. The van der Waals surface area contributed by atoms with Crippen LogP contribution in [0.25, 0.3) is 0 Å². The molecule has 1 amide bonds. The molecule has 1 atom stereocenters. The largest absolute Gasteiger partial charge is 0.378 e. The van der Waals surface area contributed by atoms with Crippen LogP contribution >= 0.6 is 11.6 Å². The van der Waals surface area contributed by atoms with Crippen LogP contribution in [0.4, 0.5) is 11.5 Å². The number of halogens is 1. The second-order valence-corrected chi connectivity index (χ2v) is 5.54. The summed E-state index contributed by atoms with van der Waals surface area (Å²) in [5.41, 5.74) is -1.01. The third-order valence-corrected chi connectivity index (χ3v) is 3.79. The molecule has 0 radical (unpaired) electrons. The first-order valence-electron chi connectivity index (χ1n) is 6.72. The molecule has 0 aromatic carbocycles. The van der Waals surface area contributed by atoms with Gasteiger partial charge in [-0.2, -0.15) is 4.98 Å². The van der Waals surface area contributed by atoms with Gasteiger partial charge in [0.25, 0.3) is 5.91 Å². The topological polar surface area (TPSA) is 78.4 Å². The smallest absolute Gasteiger partial charge is 0.258 e. The molecule has 0 spiro atoms. The number of rotatable bonds is 3. The Hall–Kier alpha value is -1.40. The van der Waals surface area contributed by atoms with Crippen LogP contribution in [0, 0.1) is 0 Å². The highest BCUT2D eigenvalue weighted by Crippen LogP contribution is 2.32. The van der Waals surface area contributed by atoms with Crippen molar-refractivity contribution in [2.75, 3.05) is 16.8 Å². The molecule has 0 bridgehead atoms. The van der Waals surface area contributed by atoms with E-state index in [2.05, 4.69) is 29.1 Å². The van der Waals surface area contributed by atoms with Crippen molar-refractivity contribution in [3.05, 3.63) is 11.5 Å². The van der Waals surface area contributed by atoms with Crippen molar-refractivity contribution in [1.29, 1.82) is 0 Å². The highest BCUT2D eigenvalue weighted by Gasteiger charge is 2.39. The monoisotopic (exact) mass is 298 g/mol. The van der Waals surface area contributed by atoms with E-state index >= 15 is 0 Å². The highest BCUT2D eigenvalue weighted by molar-refractivity contribution is 6.28. The number of hydrogen-bond donors (Lipinski definition) is 2. The van der Waals surface area contributed by atoms with Gasteiger partial charge in [-0.3, -0.25) is 4.79 Å². The summed E-state index contributed by atoms with van der Waals surface area (Å²) in [6.45, 7) is 5.79. The average molecular weight is 299 g/mol. The predicted molar refractivity (Wildman–Crippen MR) is 78.0 cm³/mol. The van der Waals surface area contributed by atoms with Crippen LogP contribution in [-0.4, -0.2) is 39.2 Å². The number of amides is 1. The Labute approximate surface area is 123 Å². The van der Waals surface area contributed by atoms with Crippen molar-refractivity contribution >= 4 is 29.0 Å². The van der Waals surface area contributed by atoms with Gasteiger partial charge in [0, 0.05) is 6.04 Å². The van der Waals surface area contributed by atoms with Crippen LogP contribution in [0.15, 0.2) is 6.20 Å². The van der Waals surface area contributed by atoms with Crippen LogP contribution in [0.3, 0.4) is 0 Å². The summed E-state index contributed by atoms with van der Waals surface area (Å²) in [4.78, 5) is 22.1. The van der Waals surface area contributed by atoms with E-state index in [4.69, 9.17) is 11.6 Å². The summed E-state index contributed by atoms with van der Waals surface area (Å²) in [6, 6.07) is 0.166. The number of anilines is 2. The summed E-state index contributed by atoms with van der Waals surface area (Å²) in [7, 11) is 0. The van der Waals surface area contributed by atoms with E-state index in [0.717, 1.165) is 12.8 Å². The van der Waals surface area contributed by atoms with Gasteiger partial charge in [0.1, 0.15) is 5.69 Å². The molecule has 1 unspecified atom stereocenters. The van der Waals surface area contributed by atoms with Crippen LogP contribution in [0.1, 0.15) is 33.6 Å². The molecule has 1 aromatic heterocycles. The van der Waals surface area contributed by atoms with E-state index in [-0.39, 0.29) is 17.9 Å². The number of carbonyl (C=O) groups excluding carboxylic acids is 1. The zero-order valence-corrected chi connectivity index (χ0v) is 12.6. The number of aliphatic hydroxyl groups is 1. The quantitative estimate of drug-likeness (QED) is 0.832. The van der Waals surface area contributed by atoms with Gasteiger partial charge >= 0.3 is 0 Å². The van der Waals surface area contributed by atoms with Gasteiger partial charge in [-0.1, -0.05) is 13.8 Å². The number of nitrogens with one attached hydrogen (secondary N) is 1. The van der Waals surface area contributed by atoms with E-state index in [1.807, 2.05) is 4.90 Å². The first-order chi connectivity index (χ1) is 9.39. The van der Waals surface area contributed by atoms with Gasteiger partial charge in [-0.25, -0.2) is 4.98 Å².